The molecule has 3 unspecified atom stereocenters. The summed E-state index contributed by atoms with van der Waals surface area (Å²) in [7, 11) is 0. The molecular weight excluding hydrogens is 444 g/mol. The molecule has 1 saturated carbocycles. The summed E-state index contributed by atoms with van der Waals surface area (Å²) in [5, 5.41) is 14.9. The number of hydrogen-bond acceptors (Lipinski definition) is 4. The molecule has 3 atom stereocenters. The second-order valence-corrected chi connectivity index (χ2v) is 9.96. The Morgan fingerprint density at radius 2 is 1.63 bits per heavy atom. The van der Waals surface area contributed by atoms with Gasteiger partial charge in [0.2, 0.25) is 5.91 Å². The van der Waals surface area contributed by atoms with Crippen molar-refractivity contribution in [3.8, 4) is 11.1 Å². The molecule has 2 amide bonds. The first-order valence-corrected chi connectivity index (χ1v) is 12.5. The number of fused-ring (bicyclic) bond motifs is 3. The van der Waals surface area contributed by atoms with E-state index in [9.17, 15) is 14.4 Å². The van der Waals surface area contributed by atoms with Crippen molar-refractivity contribution in [1.29, 1.82) is 0 Å². The molecule has 2 aromatic rings. The maximum atomic E-state index is 12.8. The van der Waals surface area contributed by atoms with Gasteiger partial charge in [-0.15, -0.1) is 0 Å². The molecule has 35 heavy (non-hydrogen) atoms. The molecule has 7 nitrogen and oxygen atoms in total. The van der Waals surface area contributed by atoms with E-state index in [0.717, 1.165) is 17.5 Å². The van der Waals surface area contributed by atoms with Crippen molar-refractivity contribution in [3.05, 3.63) is 59.7 Å². The fourth-order valence-corrected chi connectivity index (χ4v) is 5.37. The SMILES string of the molecule is CC(C)C(CNC(=O)C1CCCC1NC(=O)OCC1c2ccccc2-c2ccccc21)CC(=O)O. The van der Waals surface area contributed by atoms with Crippen molar-refractivity contribution in [2.24, 2.45) is 17.8 Å². The number of carbonyl (C=O) groups excluding carboxylic acids is 2. The van der Waals surface area contributed by atoms with Gasteiger partial charge in [-0.2, -0.15) is 0 Å². The van der Waals surface area contributed by atoms with Crippen molar-refractivity contribution in [1.82, 2.24) is 10.6 Å². The third-order valence-corrected chi connectivity index (χ3v) is 7.42. The molecule has 0 spiro atoms. The van der Waals surface area contributed by atoms with E-state index >= 15 is 0 Å². The molecule has 0 radical (unpaired) electrons. The number of carbonyl (C=O) groups is 3. The van der Waals surface area contributed by atoms with Gasteiger partial charge in [0.05, 0.1) is 12.3 Å². The number of hydrogen-bond donors (Lipinski definition) is 3. The molecule has 2 aliphatic rings. The zero-order valence-electron chi connectivity index (χ0n) is 20.3. The monoisotopic (exact) mass is 478 g/mol. The smallest absolute Gasteiger partial charge is 0.407 e. The minimum absolute atomic E-state index is 0.0157. The predicted molar refractivity (Wildman–Crippen MR) is 133 cm³/mol. The number of rotatable bonds is 9. The summed E-state index contributed by atoms with van der Waals surface area (Å²) >= 11 is 0. The van der Waals surface area contributed by atoms with Gasteiger partial charge >= 0.3 is 12.1 Å². The Kier molecular flexibility index (Phi) is 7.73. The van der Waals surface area contributed by atoms with Crippen molar-refractivity contribution < 1.29 is 24.2 Å². The summed E-state index contributed by atoms with van der Waals surface area (Å²) in [6.07, 6.45) is 1.75. The molecule has 3 N–H and O–H groups in total. The van der Waals surface area contributed by atoms with Crippen LogP contribution < -0.4 is 10.6 Å². The molecular formula is C28H34N2O5. The van der Waals surface area contributed by atoms with Crippen LogP contribution in [0.5, 0.6) is 0 Å². The van der Waals surface area contributed by atoms with Crippen molar-refractivity contribution >= 4 is 18.0 Å². The summed E-state index contributed by atoms with van der Waals surface area (Å²) in [6, 6.07) is 16.1. The highest BCUT2D eigenvalue weighted by Gasteiger charge is 2.35. The van der Waals surface area contributed by atoms with Crippen LogP contribution in [-0.4, -0.2) is 42.3 Å². The van der Waals surface area contributed by atoms with E-state index in [1.807, 2.05) is 38.1 Å². The van der Waals surface area contributed by atoms with E-state index in [2.05, 4.69) is 34.9 Å². The van der Waals surface area contributed by atoms with Crippen molar-refractivity contribution in [3.63, 3.8) is 0 Å². The van der Waals surface area contributed by atoms with Gasteiger partial charge in [-0.1, -0.05) is 68.8 Å². The molecule has 1 fully saturated rings. The highest BCUT2D eigenvalue weighted by atomic mass is 16.5. The van der Waals surface area contributed by atoms with Gasteiger partial charge in [0.1, 0.15) is 6.61 Å². The maximum Gasteiger partial charge on any atom is 0.407 e. The Morgan fingerprint density at radius 1 is 1.00 bits per heavy atom. The van der Waals surface area contributed by atoms with Crippen LogP contribution >= 0.6 is 0 Å². The highest BCUT2D eigenvalue weighted by Crippen LogP contribution is 2.44. The fourth-order valence-electron chi connectivity index (χ4n) is 5.37. The first-order chi connectivity index (χ1) is 16.8. The molecule has 0 bridgehead atoms. The number of carboxylic acid groups (broad SMARTS) is 1. The van der Waals surface area contributed by atoms with Crippen LogP contribution in [0.2, 0.25) is 0 Å². The van der Waals surface area contributed by atoms with Crippen LogP contribution in [0.15, 0.2) is 48.5 Å². The predicted octanol–water partition coefficient (Wildman–Crippen LogP) is 4.56. The minimum atomic E-state index is -0.867. The normalized spacial score (nSPS) is 19.6. The number of benzene rings is 2. The van der Waals surface area contributed by atoms with Crippen molar-refractivity contribution in [2.45, 2.75) is 51.5 Å². The van der Waals surface area contributed by atoms with E-state index in [4.69, 9.17) is 9.84 Å². The van der Waals surface area contributed by atoms with Crippen LogP contribution in [0.1, 0.15) is 56.6 Å². The van der Waals surface area contributed by atoms with E-state index in [1.165, 1.54) is 11.1 Å². The quantitative estimate of drug-likeness (QED) is 0.490. The molecule has 186 valence electrons. The summed E-state index contributed by atoms with van der Waals surface area (Å²) in [5.41, 5.74) is 4.65. The second-order valence-electron chi connectivity index (χ2n) is 9.96. The number of carboxylic acids is 1. The average Bonchev–Trinajstić information content (AvgIpc) is 3.42. The second kappa shape index (κ2) is 10.9. The van der Waals surface area contributed by atoms with Crippen LogP contribution in [0.25, 0.3) is 11.1 Å². The van der Waals surface area contributed by atoms with Gasteiger partial charge in [-0.25, -0.2) is 4.79 Å². The lowest BCUT2D eigenvalue weighted by Gasteiger charge is -2.24. The van der Waals surface area contributed by atoms with Gasteiger partial charge in [-0.05, 0) is 46.9 Å². The van der Waals surface area contributed by atoms with Crippen LogP contribution in [-0.2, 0) is 14.3 Å². The number of alkyl carbamates (subject to hydrolysis) is 1. The van der Waals surface area contributed by atoms with E-state index in [-0.39, 0.29) is 48.6 Å². The summed E-state index contributed by atoms with van der Waals surface area (Å²) in [4.78, 5) is 36.6. The number of amides is 2. The van der Waals surface area contributed by atoms with Gasteiger partial charge in [0.15, 0.2) is 0 Å². The average molecular weight is 479 g/mol. The summed E-state index contributed by atoms with van der Waals surface area (Å²) in [5.74, 6) is -1.35. The van der Waals surface area contributed by atoms with Gasteiger partial charge < -0.3 is 20.5 Å². The Bertz CT molecular complexity index is 1040. The fraction of sp³-hybridized carbons (Fsp3) is 0.464. The largest absolute Gasteiger partial charge is 0.481 e. The first-order valence-electron chi connectivity index (χ1n) is 12.5. The topological polar surface area (TPSA) is 105 Å². The zero-order valence-corrected chi connectivity index (χ0v) is 20.3. The van der Waals surface area contributed by atoms with Crippen LogP contribution in [0.3, 0.4) is 0 Å². The lowest BCUT2D eigenvalue weighted by Crippen LogP contribution is -2.45. The van der Waals surface area contributed by atoms with E-state index < -0.39 is 12.1 Å². The van der Waals surface area contributed by atoms with Gasteiger partial charge in [0, 0.05) is 18.5 Å². The number of aliphatic carboxylic acids is 1. The lowest BCUT2D eigenvalue weighted by molar-refractivity contribution is -0.138. The zero-order chi connectivity index (χ0) is 24.9. The van der Waals surface area contributed by atoms with Crippen molar-refractivity contribution in [2.75, 3.05) is 13.2 Å². The molecule has 2 aliphatic carbocycles. The Labute approximate surface area is 206 Å². The minimum Gasteiger partial charge on any atom is -0.481 e. The third-order valence-electron chi connectivity index (χ3n) is 7.42. The maximum absolute atomic E-state index is 12.8. The van der Waals surface area contributed by atoms with Crippen LogP contribution in [0.4, 0.5) is 4.79 Å². The molecule has 2 aromatic carbocycles. The molecule has 0 aliphatic heterocycles. The molecule has 0 heterocycles. The Morgan fingerprint density at radius 3 is 2.23 bits per heavy atom. The molecule has 7 heteroatoms. The Hall–Kier alpha value is -3.35. The molecule has 4 rings (SSSR count). The first kappa shape index (κ1) is 24.8. The summed E-state index contributed by atoms with van der Waals surface area (Å²) < 4.78 is 5.66. The van der Waals surface area contributed by atoms with E-state index in [0.29, 0.717) is 19.4 Å². The standard InChI is InChI=1S/C28H34N2O5/c1-17(2)18(14-26(31)32)15-29-27(33)23-12-7-13-25(23)30-28(34)35-16-24-21-10-5-3-8-19(21)20-9-4-6-11-22(20)24/h3-6,8-11,17-18,23-25H,7,12-16H2,1-2H3,(H,29,33)(H,30,34)(H,31,32). The highest BCUT2D eigenvalue weighted by molar-refractivity contribution is 5.81. The van der Waals surface area contributed by atoms with Gasteiger partial charge in [0.25, 0.3) is 0 Å². The van der Waals surface area contributed by atoms with Gasteiger partial charge in [-0.3, -0.25) is 9.59 Å². The molecule has 0 saturated heterocycles. The van der Waals surface area contributed by atoms with Crippen LogP contribution in [0, 0.1) is 17.8 Å². The third kappa shape index (κ3) is 5.66. The number of nitrogens with one attached hydrogen (secondary N) is 2. The lowest BCUT2D eigenvalue weighted by atomic mass is 9.92. The molecule has 0 aromatic heterocycles. The Balaban J connectivity index is 1.32. The summed E-state index contributed by atoms with van der Waals surface area (Å²) in [6.45, 7) is 4.46. The van der Waals surface area contributed by atoms with E-state index in [1.54, 1.807) is 0 Å². The number of ether oxygens (including phenoxy) is 1.